The fourth-order valence-electron chi connectivity index (χ4n) is 4.37. The second-order valence-corrected chi connectivity index (χ2v) is 8.03. The Morgan fingerprint density at radius 3 is 2.62 bits per heavy atom. The summed E-state index contributed by atoms with van der Waals surface area (Å²) in [7, 11) is 8.04. The predicted molar refractivity (Wildman–Crippen MR) is 108 cm³/mol. The van der Waals surface area contributed by atoms with E-state index in [4.69, 9.17) is 9.47 Å². The van der Waals surface area contributed by atoms with E-state index in [1.54, 1.807) is 7.11 Å². The molecule has 1 saturated carbocycles. The number of aliphatic imine (C=N–C) groups is 1. The number of ether oxygens (including phenoxy) is 2. The Morgan fingerprint density at radius 2 is 1.96 bits per heavy atom. The van der Waals surface area contributed by atoms with Gasteiger partial charge in [0.15, 0.2) is 5.96 Å². The van der Waals surface area contributed by atoms with Crippen LogP contribution in [0.25, 0.3) is 0 Å². The molecule has 0 aromatic heterocycles. The summed E-state index contributed by atoms with van der Waals surface area (Å²) in [5, 5.41) is 3.66. The molecule has 152 valence electrons. The maximum atomic E-state index is 5.71. The van der Waals surface area contributed by atoms with Gasteiger partial charge in [-0.25, -0.2) is 0 Å². The molecule has 6 heteroatoms. The summed E-state index contributed by atoms with van der Waals surface area (Å²) in [6.45, 7) is 5.25. The van der Waals surface area contributed by atoms with Crippen LogP contribution in [0.5, 0.6) is 0 Å². The molecule has 6 nitrogen and oxygen atoms in total. The van der Waals surface area contributed by atoms with E-state index < -0.39 is 0 Å². The highest BCUT2D eigenvalue weighted by Gasteiger charge is 2.28. The van der Waals surface area contributed by atoms with Gasteiger partial charge in [0.1, 0.15) is 0 Å². The number of hydrogen-bond acceptors (Lipinski definition) is 4. The third kappa shape index (κ3) is 6.71. The van der Waals surface area contributed by atoms with E-state index in [0.29, 0.717) is 25.2 Å². The van der Waals surface area contributed by atoms with Crippen molar-refractivity contribution in [2.24, 2.45) is 16.8 Å². The van der Waals surface area contributed by atoms with E-state index >= 15 is 0 Å². The molecule has 26 heavy (non-hydrogen) atoms. The summed E-state index contributed by atoms with van der Waals surface area (Å²) in [5.74, 6) is 2.45. The highest BCUT2D eigenvalue weighted by Crippen LogP contribution is 2.28. The Hall–Kier alpha value is -0.850. The maximum Gasteiger partial charge on any atom is 0.193 e. The summed E-state index contributed by atoms with van der Waals surface area (Å²) < 4.78 is 10.7. The largest absolute Gasteiger partial charge is 0.382 e. The van der Waals surface area contributed by atoms with Crippen molar-refractivity contribution in [2.45, 2.75) is 44.6 Å². The summed E-state index contributed by atoms with van der Waals surface area (Å²) in [5.41, 5.74) is 0. The molecule has 1 N–H and O–H groups in total. The Labute approximate surface area is 160 Å². The molecule has 2 rings (SSSR count). The van der Waals surface area contributed by atoms with Gasteiger partial charge < -0.3 is 24.6 Å². The first-order chi connectivity index (χ1) is 12.7. The number of methoxy groups -OCH3 is 1. The SMILES string of the molecule is CN=C(NCC(C1CCCCC1)N(C)C)N1CCC(COCCOC)C1. The van der Waals surface area contributed by atoms with Crippen molar-refractivity contribution in [3.05, 3.63) is 0 Å². The van der Waals surface area contributed by atoms with Gasteiger partial charge in [-0.3, -0.25) is 4.99 Å². The van der Waals surface area contributed by atoms with Gasteiger partial charge in [0.25, 0.3) is 0 Å². The monoisotopic (exact) mass is 368 g/mol. The van der Waals surface area contributed by atoms with Crippen LogP contribution in [0.3, 0.4) is 0 Å². The van der Waals surface area contributed by atoms with Crippen LogP contribution >= 0.6 is 0 Å². The van der Waals surface area contributed by atoms with Crippen LogP contribution in [-0.4, -0.2) is 89.5 Å². The minimum atomic E-state index is 0.586. The van der Waals surface area contributed by atoms with Gasteiger partial charge in [0, 0.05) is 45.8 Å². The highest BCUT2D eigenvalue weighted by molar-refractivity contribution is 5.80. The molecule has 1 aliphatic carbocycles. The Morgan fingerprint density at radius 1 is 1.19 bits per heavy atom. The van der Waals surface area contributed by atoms with Crippen LogP contribution in [0.15, 0.2) is 4.99 Å². The van der Waals surface area contributed by atoms with Crippen molar-refractivity contribution in [1.29, 1.82) is 0 Å². The average molecular weight is 369 g/mol. The molecule has 2 atom stereocenters. The predicted octanol–water partition coefficient (Wildman–Crippen LogP) is 2.06. The van der Waals surface area contributed by atoms with E-state index in [2.05, 4.69) is 34.2 Å². The normalized spacial score (nSPS) is 23.7. The Kier molecular flexibility index (Phi) is 9.72. The third-order valence-electron chi connectivity index (χ3n) is 5.91. The van der Waals surface area contributed by atoms with E-state index in [-0.39, 0.29) is 0 Å². The first-order valence-corrected chi connectivity index (χ1v) is 10.3. The van der Waals surface area contributed by atoms with Crippen LogP contribution in [0, 0.1) is 11.8 Å². The first-order valence-electron chi connectivity index (χ1n) is 10.3. The minimum absolute atomic E-state index is 0.586. The summed E-state index contributed by atoms with van der Waals surface area (Å²) in [6.07, 6.45) is 8.10. The van der Waals surface area contributed by atoms with Gasteiger partial charge in [0.05, 0.1) is 19.8 Å². The van der Waals surface area contributed by atoms with Gasteiger partial charge in [-0.05, 0) is 39.3 Å². The zero-order chi connectivity index (χ0) is 18.8. The van der Waals surface area contributed by atoms with Crippen LogP contribution in [0.4, 0.5) is 0 Å². The van der Waals surface area contributed by atoms with Gasteiger partial charge in [-0.2, -0.15) is 0 Å². The van der Waals surface area contributed by atoms with E-state index in [9.17, 15) is 0 Å². The lowest BCUT2D eigenvalue weighted by Crippen LogP contribution is -2.49. The molecular formula is C20H40N4O2. The lowest BCUT2D eigenvalue weighted by Gasteiger charge is -2.36. The highest BCUT2D eigenvalue weighted by atomic mass is 16.5. The number of rotatable bonds is 9. The molecule has 2 unspecified atom stereocenters. The number of hydrogen-bond donors (Lipinski definition) is 1. The van der Waals surface area contributed by atoms with Gasteiger partial charge >= 0.3 is 0 Å². The van der Waals surface area contributed by atoms with E-state index in [1.807, 2.05) is 7.05 Å². The molecule has 0 aromatic rings. The fourth-order valence-corrected chi connectivity index (χ4v) is 4.37. The van der Waals surface area contributed by atoms with Crippen molar-refractivity contribution in [2.75, 3.05) is 67.7 Å². The molecule has 2 aliphatic rings. The molecule has 0 spiro atoms. The Balaban J connectivity index is 1.77. The molecule has 1 saturated heterocycles. The van der Waals surface area contributed by atoms with Crippen LogP contribution in [0.1, 0.15) is 38.5 Å². The number of likely N-dealkylation sites (tertiary alicyclic amines) is 1. The van der Waals surface area contributed by atoms with Crippen molar-refractivity contribution in [3.8, 4) is 0 Å². The van der Waals surface area contributed by atoms with Crippen molar-refractivity contribution < 1.29 is 9.47 Å². The summed E-state index contributed by atoms with van der Waals surface area (Å²) in [4.78, 5) is 9.33. The zero-order valence-corrected chi connectivity index (χ0v) is 17.4. The van der Waals surface area contributed by atoms with Crippen molar-refractivity contribution in [1.82, 2.24) is 15.1 Å². The van der Waals surface area contributed by atoms with Gasteiger partial charge in [0.2, 0.25) is 0 Å². The van der Waals surface area contributed by atoms with Gasteiger partial charge in [-0.1, -0.05) is 19.3 Å². The number of nitrogens with one attached hydrogen (secondary N) is 1. The second kappa shape index (κ2) is 11.8. The van der Waals surface area contributed by atoms with Gasteiger partial charge in [-0.15, -0.1) is 0 Å². The summed E-state index contributed by atoms with van der Waals surface area (Å²) in [6, 6.07) is 0.586. The molecule has 0 bridgehead atoms. The molecule has 0 amide bonds. The molecule has 1 heterocycles. The molecule has 1 aliphatic heterocycles. The topological polar surface area (TPSA) is 49.3 Å². The van der Waals surface area contributed by atoms with Crippen LogP contribution in [-0.2, 0) is 9.47 Å². The Bertz CT molecular complexity index is 411. The molecule has 0 radical (unpaired) electrons. The van der Waals surface area contributed by atoms with Crippen LogP contribution in [0.2, 0.25) is 0 Å². The molecular weight excluding hydrogens is 328 g/mol. The van der Waals surface area contributed by atoms with E-state index in [0.717, 1.165) is 38.1 Å². The minimum Gasteiger partial charge on any atom is -0.382 e. The molecule has 0 aromatic carbocycles. The maximum absolute atomic E-state index is 5.71. The smallest absolute Gasteiger partial charge is 0.193 e. The molecule has 2 fully saturated rings. The van der Waals surface area contributed by atoms with Crippen molar-refractivity contribution in [3.63, 3.8) is 0 Å². The quantitative estimate of drug-likeness (QED) is 0.383. The zero-order valence-electron chi connectivity index (χ0n) is 17.4. The standard InChI is InChI=1S/C20H40N4O2/c1-21-20(24-11-10-17(15-24)16-26-13-12-25-4)22-14-19(23(2)3)18-8-6-5-7-9-18/h17-19H,5-16H2,1-4H3,(H,21,22). The average Bonchev–Trinajstić information content (AvgIpc) is 3.11. The van der Waals surface area contributed by atoms with E-state index in [1.165, 1.54) is 38.5 Å². The lowest BCUT2D eigenvalue weighted by molar-refractivity contribution is 0.0536. The lowest BCUT2D eigenvalue weighted by atomic mass is 9.83. The van der Waals surface area contributed by atoms with Crippen molar-refractivity contribution >= 4 is 5.96 Å². The van der Waals surface area contributed by atoms with Crippen LogP contribution < -0.4 is 5.32 Å². The first kappa shape index (κ1) is 21.5. The fraction of sp³-hybridized carbons (Fsp3) is 0.950. The number of guanidine groups is 1. The third-order valence-corrected chi connectivity index (χ3v) is 5.91. The summed E-state index contributed by atoms with van der Waals surface area (Å²) >= 11 is 0. The number of nitrogens with zero attached hydrogens (tertiary/aromatic N) is 3. The number of likely N-dealkylation sites (N-methyl/N-ethyl adjacent to an activating group) is 1. The second-order valence-electron chi connectivity index (χ2n) is 8.03.